The molecule has 26 heavy (non-hydrogen) atoms. The van der Waals surface area contributed by atoms with Crippen LogP contribution < -0.4 is 0 Å². The lowest BCUT2D eigenvalue weighted by Gasteiger charge is -2.55. The molecule has 6 rings (SSSR count). The highest BCUT2D eigenvalue weighted by Gasteiger charge is 2.55. The van der Waals surface area contributed by atoms with E-state index in [2.05, 4.69) is 24.3 Å². The molecule has 2 heteroatoms. The SMILES string of the molecule is O=C(OC(c1ccccc1)c1ccccc1)C12CC3CC(CC(C3)C1)C2. The van der Waals surface area contributed by atoms with E-state index in [4.69, 9.17) is 4.74 Å². The standard InChI is InChI=1S/C24H26O2/c25-23(24-14-17-11-18(15-24)13-19(12-17)16-24)26-22(20-7-3-1-4-8-20)21-9-5-2-6-10-21/h1-10,17-19,22H,11-16H2. The topological polar surface area (TPSA) is 26.3 Å². The van der Waals surface area contributed by atoms with Crippen molar-refractivity contribution >= 4 is 5.97 Å². The third kappa shape index (κ3) is 2.76. The predicted octanol–water partition coefficient (Wildman–Crippen LogP) is 5.54. The van der Waals surface area contributed by atoms with Crippen LogP contribution in [0.2, 0.25) is 0 Å². The van der Waals surface area contributed by atoms with Crippen molar-refractivity contribution in [1.82, 2.24) is 0 Å². The number of ether oxygens (including phenoxy) is 1. The summed E-state index contributed by atoms with van der Waals surface area (Å²) in [4.78, 5) is 13.4. The molecule has 0 atom stereocenters. The maximum atomic E-state index is 13.4. The Bertz CT molecular complexity index is 706. The molecular weight excluding hydrogens is 320 g/mol. The van der Waals surface area contributed by atoms with Gasteiger partial charge in [-0.1, -0.05) is 60.7 Å². The first-order chi connectivity index (χ1) is 12.7. The van der Waals surface area contributed by atoms with Gasteiger partial charge in [-0.05, 0) is 67.4 Å². The lowest BCUT2D eigenvalue weighted by molar-refractivity contribution is -0.175. The summed E-state index contributed by atoms with van der Waals surface area (Å²) in [5.74, 6) is 2.30. The number of carbonyl (C=O) groups excluding carboxylic acids is 1. The summed E-state index contributed by atoms with van der Waals surface area (Å²) in [6.45, 7) is 0. The molecule has 4 fully saturated rings. The summed E-state index contributed by atoms with van der Waals surface area (Å²) in [7, 11) is 0. The van der Waals surface area contributed by atoms with Crippen LogP contribution in [-0.4, -0.2) is 5.97 Å². The Kier molecular flexibility index (Phi) is 3.88. The third-order valence-corrected chi connectivity index (χ3v) is 6.90. The molecule has 2 aromatic carbocycles. The second-order valence-electron chi connectivity index (χ2n) is 8.80. The first kappa shape index (κ1) is 16.1. The minimum Gasteiger partial charge on any atom is -0.452 e. The third-order valence-electron chi connectivity index (χ3n) is 6.90. The molecule has 0 spiro atoms. The van der Waals surface area contributed by atoms with Gasteiger partial charge in [-0.3, -0.25) is 4.79 Å². The molecule has 4 aliphatic carbocycles. The molecule has 0 heterocycles. The van der Waals surface area contributed by atoms with Crippen LogP contribution in [0.4, 0.5) is 0 Å². The number of carbonyl (C=O) groups is 1. The van der Waals surface area contributed by atoms with E-state index in [-0.39, 0.29) is 17.5 Å². The quantitative estimate of drug-likeness (QED) is 0.680. The van der Waals surface area contributed by atoms with E-state index < -0.39 is 0 Å². The summed E-state index contributed by atoms with van der Waals surface area (Å²) in [5, 5.41) is 0. The maximum absolute atomic E-state index is 13.4. The zero-order valence-electron chi connectivity index (χ0n) is 15.1. The molecule has 0 unspecified atom stereocenters. The Hall–Kier alpha value is -2.09. The van der Waals surface area contributed by atoms with Gasteiger partial charge >= 0.3 is 5.97 Å². The maximum Gasteiger partial charge on any atom is 0.313 e. The first-order valence-electron chi connectivity index (χ1n) is 10.0. The summed E-state index contributed by atoms with van der Waals surface area (Å²) in [6.07, 6.45) is 6.86. The van der Waals surface area contributed by atoms with Gasteiger partial charge in [-0.25, -0.2) is 0 Å². The van der Waals surface area contributed by atoms with Crippen LogP contribution >= 0.6 is 0 Å². The fraction of sp³-hybridized carbons (Fsp3) is 0.458. The van der Waals surface area contributed by atoms with Crippen LogP contribution in [0.25, 0.3) is 0 Å². The van der Waals surface area contributed by atoms with Crippen molar-refractivity contribution in [2.45, 2.75) is 44.6 Å². The monoisotopic (exact) mass is 346 g/mol. The van der Waals surface area contributed by atoms with Gasteiger partial charge in [0.2, 0.25) is 0 Å². The average Bonchev–Trinajstić information content (AvgIpc) is 2.66. The molecule has 0 N–H and O–H groups in total. The Morgan fingerprint density at radius 1 is 0.769 bits per heavy atom. The van der Waals surface area contributed by atoms with Crippen LogP contribution in [0.15, 0.2) is 60.7 Å². The van der Waals surface area contributed by atoms with Crippen molar-refractivity contribution in [3.05, 3.63) is 71.8 Å². The largest absolute Gasteiger partial charge is 0.452 e. The molecule has 134 valence electrons. The first-order valence-corrected chi connectivity index (χ1v) is 10.0. The van der Waals surface area contributed by atoms with Crippen LogP contribution in [0, 0.1) is 23.2 Å². The van der Waals surface area contributed by atoms with Crippen molar-refractivity contribution in [2.24, 2.45) is 23.2 Å². The van der Waals surface area contributed by atoms with Crippen molar-refractivity contribution in [3.8, 4) is 0 Å². The molecular formula is C24H26O2. The highest BCUT2D eigenvalue weighted by atomic mass is 16.5. The lowest BCUT2D eigenvalue weighted by Crippen LogP contribution is -2.50. The van der Waals surface area contributed by atoms with Gasteiger partial charge in [-0.2, -0.15) is 0 Å². The molecule has 0 saturated heterocycles. The van der Waals surface area contributed by atoms with Crippen molar-refractivity contribution in [1.29, 1.82) is 0 Å². The Morgan fingerprint density at radius 2 is 1.19 bits per heavy atom. The average molecular weight is 346 g/mol. The minimum absolute atomic E-state index is 0.0503. The number of esters is 1. The Balaban J connectivity index is 1.44. The Morgan fingerprint density at radius 3 is 1.62 bits per heavy atom. The zero-order valence-corrected chi connectivity index (χ0v) is 15.1. The van der Waals surface area contributed by atoms with Gasteiger partial charge in [0.05, 0.1) is 5.41 Å². The molecule has 0 radical (unpaired) electrons. The second-order valence-corrected chi connectivity index (χ2v) is 8.80. The molecule has 4 aliphatic rings. The van der Waals surface area contributed by atoms with Gasteiger partial charge in [0.25, 0.3) is 0 Å². The fourth-order valence-corrected chi connectivity index (χ4v) is 6.18. The second kappa shape index (κ2) is 6.26. The van der Waals surface area contributed by atoms with Crippen LogP contribution in [0.1, 0.15) is 55.8 Å². The van der Waals surface area contributed by atoms with Gasteiger partial charge in [-0.15, -0.1) is 0 Å². The summed E-state index contributed by atoms with van der Waals surface area (Å²) >= 11 is 0. The summed E-state index contributed by atoms with van der Waals surface area (Å²) in [5.41, 5.74) is 1.89. The fourth-order valence-electron chi connectivity index (χ4n) is 6.18. The van der Waals surface area contributed by atoms with E-state index in [9.17, 15) is 4.79 Å². The lowest BCUT2D eigenvalue weighted by atomic mass is 9.49. The van der Waals surface area contributed by atoms with E-state index in [0.717, 1.165) is 48.1 Å². The van der Waals surface area contributed by atoms with Crippen molar-refractivity contribution in [3.63, 3.8) is 0 Å². The van der Waals surface area contributed by atoms with Gasteiger partial charge in [0.15, 0.2) is 6.10 Å². The predicted molar refractivity (Wildman–Crippen MR) is 101 cm³/mol. The van der Waals surface area contributed by atoms with E-state index in [1.54, 1.807) is 0 Å². The number of benzene rings is 2. The van der Waals surface area contributed by atoms with E-state index in [1.807, 2.05) is 36.4 Å². The molecule has 0 aromatic heterocycles. The highest BCUT2D eigenvalue weighted by molar-refractivity contribution is 5.78. The number of hydrogen-bond donors (Lipinski definition) is 0. The molecule has 4 saturated carbocycles. The van der Waals surface area contributed by atoms with Gasteiger partial charge in [0.1, 0.15) is 0 Å². The van der Waals surface area contributed by atoms with Crippen LogP contribution in [0.3, 0.4) is 0 Å². The van der Waals surface area contributed by atoms with E-state index in [0.29, 0.717) is 0 Å². The Labute approximate surface area is 155 Å². The van der Waals surface area contributed by atoms with Gasteiger partial charge in [0, 0.05) is 0 Å². The highest BCUT2D eigenvalue weighted by Crippen LogP contribution is 2.60. The zero-order chi connectivity index (χ0) is 17.6. The summed E-state index contributed by atoms with van der Waals surface area (Å²) in [6, 6.07) is 20.3. The number of rotatable bonds is 4. The normalized spacial score (nSPS) is 32.0. The van der Waals surface area contributed by atoms with Crippen LogP contribution in [0.5, 0.6) is 0 Å². The molecule has 0 amide bonds. The van der Waals surface area contributed by atoms with Crippen LogP contribution in [-0.2, 0) is 9.53 Å². The molecule has 2 nitrogen and oxygen atoms in total. The van der Waals surface area contributed by atoms with E-state index in [1.165, 1.54) is 19.3 Å². The van der Waals surface area contributed by atoms with E-state index >= 15 is 0 Å². The molecule has 2 aromatic rings. The molecule has 0 aliphatic heterocycles. The van der Waals surface area contributed by atoms with Crippen molar-refractivity contribution in [2.75, 3.05) is 0 Å². The minimum atomic E-state index is -0.307. The molecule has 4 bridgehead atoms. The summed E-state index contributed by atoms with van der Waals surface area (Å²) < 4.78 is 6.27. The van der Waals surface area contributed by atoms with Crippen molar-refractivity contribution < 1.29 is 9.53 Å². The number of hydrogen-bond acceptors (Lipinski definition) is 2. The van der Waals surface area contributed by atoms with Gasteiger partial charge < -0.3 is 4.74 Å². The smallest absolute Gasteiger partial charge is 0.313 e.